The van der Waals surface area contributed by atoms with Crippen molar-refractivity contribution in [3.8, 4) is 0 Å². The van der Waals surface area contributed by atoms with Gasteiger partial charge in [0.05, 0.1) is 6.61 Å². The summed E-state index contributed by atoms with van der Waals surface area (Å²) in [5, 5.41) is 12.8. The summed E-state index contributed by atoms with van der Waals surface area (Å²) in [4.78, 5) is 0. The smallest absolute Gasteiger partial charge is 0.0582 e. The standard InChI is InChI=1S/C15H27NO/c1-12(11-17)16-15-10-6-5-9-14(15)13-7-3-2-4-8-13/h7,12,14-17H,2-6,8-11H2,1H3/t12-,14?,15?/m0/s1. The molecule has 2 aliphatic carbocycles. The first-order valence-electron chi connectivity index (χ1n) is 7.37. The predicted molar refractivity (Wildman–Crippen MR) is 72.0 cm³/mol. The van der Waals surface area contributed by atoms with Crippen molar-refractivity contribution in [3.63, 3.8) is 0 Å². The van der Waals surface area contributed by atoms with E-state index in [0.717, 1.165) is 5.92 Å². The minimum Gasteiger partial charge on any atom is -0.395 e. The number of aliphatic hydroxyl groups excluding tert-OH is 1. The van der Waals surface area contributed by atoms with Crippen LogP contribution in [-0.2, 0) is 0 Å². The number of aliphatic hydroxyl groups is 1. The van der Waals surface area contributed by atoms with E-state index in [0.29, 0.717) is 6.04 Å². The van der Waals surface area contributed by atoms with Gasteiger partial charge in [-0.05, 0) is 51.4 Å². The molecular weight excluding hydrogens is 210 g/mol. The first-order chi connectivity index (χ1) is 8.31. The minimum absolute atomic E-state index is 0.241. The molecule has 0 aromatic heterocycles. The molecule has 2 nitrogen and oxygen atoms in total. The molecular formula is C15H27NO. The third kappa shape index (κ3) is 3.56. The van der Waals surface area contributed by atoms with Gasteiger partial charge in [-0.2, -0.15) is 0 Å². The highest BCUT2D eigenvalue weighted by atomic mass is 16.3. The molecule has 98 valence electrons. The second-order valence-corrected chi connectivity index (χ2v) is 5.77. The third-order valence-electron chi connectivity index (χ3n) is 4.34. The molecule has 0 aromatic carbocycles. The van der Waals surface area contributed by atoms with Crippen LogP contribution < -0.4 is 5.32 Å². The normalized spacial score (nSPS) is 32.0. The summed E-state index contributed by atoms with van der Waals surface area (Å²) in [6.07, 6.45) is 13.2. The SMILES string of the molecule is C[C@@H](CO)NC1CCCCC1C1=CCCCC1. The second-order valence-electron chi connectivity index (χ2n) is 5.77. The first kappa shape index (κ1) is 13.1. The van der Waals surface area contributed by atoms with Crippen molar-refractivity contribution in [2.24, 2.45) is 5.92 Å². The van der Waals surface area contributed by atoms with Crippen LogP contribution in [0.1, 0.15) is 58.3 Å². The molecule has 2 heteroatoms. The molecule has 3 atom stereocenters. The fraction of sp³-hybridized carbons (Fsp3) is 0.867. The average molecular weight is 237 g/mol. The Morgan fingerprint density at radius 2 is 2.12 bits per heavy atom. The summed E-state index contributed by atoms with van der Waals surface area (Å²) in [5.74, 6) is 0.748. The minimum atomic E-state index is 0.241. The molecule has 0 aliphatic heterocycles. The molecule has 2 N–H and O–H groups in total. The van der Waals surface area contributed by atoms with Crippen LogP contribution in [0.5, 0.6) is 0 Å². The molecule has 1 saturated carbocycles. The fourth-order valence-electron chi connectivity index (χ4n) is 3.39. The van der Waals surface area contributed by atoms with E-state index in [2.05, 4.69) is 18.3 Å². The van der Waals surface area contributed by atoms with Crippen LogP contribution in [0.2, 0.25) is 0 Å². The van der Waals surface area contributed by atoms with E-state index in [1.165, 1.54) is 51.4 Å². The van der Waals surface area contributed by atoms with Gasteiger partial charge >= 0.3 is 0 Å². The van der Waals surface area contributed by atoms with E-state index in [9.17, 15) is 5.11 Å². The molecule has 0 heterocycles. The molecule has 0 amide bonds. The van der Waals surface area contributed by atoms with Gasteiger partial charge in [0.15, 0.2) is 0 Å². The Morgan fingerprint density at radius 1 is 1.29 bits per heavy atom. The molecule has 0 spiro atoms. The molecule has 0 saturated heterocycles. The lowest BCUT2D eigenvalue weighted by Gasteiger charge is -2.36. The molecule has 2 unspecified atom stereocenters. The molecule has 2 aliphatic rings. The summed E-state index contributed by atoms with van der Waals surface area (Å²) >= 11 is 0. The molecule has 0 radical (unpaired) electrons. The molecule has 0 aromatic rings. The Morgan fingerprint density at radius 3 is 2.82 bits per heavy atom. The van der Waals surface area contributed by atoms with Crippen molar-refractivity contribution in [1.29, 1.82) is 0 Å². The van der Waals surface area contributed by atoms with E-state index in [-0.39, 0.29) is 12.6 Å². The number of hydrogen-bond donors (Lipinski definition) is 2. The van der Waals surface area contributed by atoms with Crippen LogP contribution in [0.3, 0.4) is 0 Å². The summed E-state index contributed by atoms with van der Waals surface area (Å²) in [5.41, 5.74) is 1.71. The van der Waals surface area contributed by atoms with Crippen LogP contribution in [0.15, 0.2) is 11.6 Å². The number of hydrogen-bond acceptors (Lipinski definition) is 2. The lowest BCUT2D eigenvalue weighted by atomic mass is 9.76. The zero-order valence-corrected chi connectivity index (χ0v) is 11.1. The molecule has 1 fully saturated rings. The molecule has 0 bridgehead atoms. The van der Waals surface area contributed by atoms with Crippen LogP contribution >= 0.6 is 0 Å². The lowest BCUT2D eigenvalue weighted by Crippen LogP contribution is -2.45. The van der Waals surface area contributed by atoms with Crippen LogP contribution in [0.4, 0.5) is 0 Å². The average Bonchev–Trinajstić information content (AvgIpc) is 2.40. The first-order valence-corrected chi connectivity index (χ1v) is 7.37. The quantitative estimate of drug-likeness (QED) is 0.737. The van der Waals surface area contributed by atoms with Gasteiger partial charge in [-0.25, -0.2) is 0 Å². The maximum Gasteiger partial charge on any atom is 0.0582 e. The lowest BCUT2D eigenvalue weighted by molar-refractivity contribution is 0.207. The summed E-state index contributed by atoms with van der Waals surface area (Å²) < 4.78 is 0. The van der Waals surface area contributed by atoms with Crippen molar-refractivity contribution < 1.29 is 5.11 Å². The highest BCUT2D eigenvalue weighted by Crippen LogP contribution is 2.35. The maximum atomic E-state index is 9.18. The largest absolute Gasteiger partial charge is 0.395 e. The summed E-state index contributed by atoms with van der Waals surface area (Å²) in [6.45, 7) is 2.34. The van der Waals surface area contributed by atoms with Gasteiger partial charge in [0.2, 0.25) is 0 Å². The maximum absolute atomic E-state index is 9.18. The van der Waals surface area contributed by atoms with Crippen molar-refractivity contribution in [1.82, 2.24) is 5.32 Å². The van der Waals surface area contributed by atoms with E-state index in [4.69, 9.17) is 0 Å². The van der Waals surface area contributed by atoms with Gasteiger partial charge in [-0.15, -0.1) is 0 Å². The van der Waals surface area contributed by atoms with Crippen molar-refractivity contribution in [2.45, 2.75) is 70.4 Å². The highest BCUT2D eigenvalue weighted by molar-refractivity contribution is 5.13. The molecule has 17 heavy (non-hydrogen) atoms. The second kappa shape index (κ2) is 6.55. The predicted octanol–water partition coefficient (Wildman–Crippen LogP) is 3.02. The topological polar surface area (TPSA) is 32.3 Å². The van der Waals surface area contributed by atoms with Crippen LogP contribution in [0, 0.1) is 5.92 Å². The van der Waals surface area contributed by atoms with Gasteiger partial charge in [-0.3, -0.25) is 0 Å². The zero-order valence-electron chi connectivity index (χ0n) is 11.1. The number of allylic oxidation sites excluding steroid dienone is 1. The van der Waals surface area contributed by atoms with Gasteiger partial charge in [0, 0.05) is 12.1 Å². The van der Waals surface area contributed by atoms with Gasteiger partial charge in [-0.1, -0.05) is 24.5 Å². The van der Waals surface area contributed by atoms with Crippen LogP contribution in [-0.4, -0.2) is 23.8 Å². The number of nitrogens with one attached hydrogen (secondary N) is 1. The van der Waals surface area contributed by atoms with E-state index in [1.54, 1.807) is 5.57 Å². The Balaban J connectivity index is 1.98. The highest BCUT2D eigenvalue weighted by Gasteiger charge is 2.28. The third-order valence-corrected chi connectivity index (χ3v) is 4.34. The monoisotopic (exact) mass is 237 g/mol. The Labute approximate surface area is 105 Å². The van der Waals surface area contributed by atoms with Crippen LogP contribution in [0.25, 0.3) is 0 Å². The van der Waals surface area contributed by atoms with Crippen molar-refractivity contribution in [2.75, 3.05) is 6.61 Å². The van der Waals surface area contributed by atoms with Gasteiger partial charge in [0.1, 0.15) is 0 Å². The van der Waals surface area contributed by atoms with Crippen molar-refractivity contribution >= 4 is 0 Å². The molecule has 2 rings (SSSR count). The van der Waals surface area contributed by atoms with Gasteiger partial charge in [0.25, 0.3) is 0 Å². The van der Waals surface area contributed by atoms with E-state index >= 15 is 0 Å². The summed E-state index contributed by atoms with van der Waals surface area (Å²) in [7, 11) is 0. The van der Waals surface area contributed by atoms with Gasteiger partial charge < -0.3 is 10.4 Å². The Hall–Kier alpha value is -0.340. The van der Waals surface area contributed by atoms with Crippen molar-refractivity contribution in [3.05, 3.63) is 11.6 Å². The summed E-state index contributed by atoms with van der Waals surface area (Å²) in [6, 6.07) is 0.847. The van der Waals surface area contributed by atoms with E-state index in [1.807, 2.05) is 0 Å². The zero-order chi connectivity index (χ0) is 12.1. The number of rotatable bonds is 4. The van der Waals surface area contributed by atoms with E-state index < -0.39 is 0 Å². The Bertz CT molecular complexity index is 262. The Kier molecular flexibility index (Phi) is 5.05. The fourth-order valence-corrected chi connectivity index (χ4v) is 3.39.